The van der Waals surface area contributed by atoms with Gasteiger partial charge >= 0.3 is 0 Å². The van der Waals surface area contributed by atoms with Crippen LogP contribution in [-0.4, -0.2) is 29.3 Å². The molecule has 1 aliphatic carbocycles. The molecule has 112 valence electrons. The van der Waals surface area contributed by atoms with Crippen molar-refractivity contribution in [1.29, 1.82) is 0 Å². The fraction of sp³-hybridized carbons (Fsp3) is 0.812. The molecule has 2 atom stereocenters. The van der Waals surface area contributed by atoms with Crippen LogP contribution in [0.25, 0.3) is 0 Å². The fourth-order valence-electron chi connectivity index (χ4n) is 3.47. The molecule has 20 heavy (non-hydrogen) atoms. The fourth-order valence-corrected chi connectivity index (χ4v) is 3.47. The van der Waals surface area contributed by atoms with Crippen LogP contribution in [0.2, 0.25) is 0 Å². The number of imidazole rings is 1. The van der Waals surface area contributed by atoms with E-state index in [0.717, 1.165) is 13.2 Å². The lowest BCUT2D eigenvalue weighted by molar-refractivity contribution is 0.166. The number of ether oxygens (including phenoxy) is 1. The van der Waals surface area contributed by atoms with Crippen molar-refractivity contribution in [2.45, 2.75) is 64.1 Å². The lowest BCUT2D eigenvalue weighted by Gasteiger charge is -2.30. The van der Waals surface area contributed by atoms with Gasteiger partial charge < -0.3 is 14.6 Å². The summed E-state index contributed by atoms with van der Waals surface area (Å²) in [6, 6.07) is 1.11. The van der Waals surface area contributed by atoms with Gasteiger partial charge in [-0.1, -0.05) is 0 Å². The smallest absolute Gasteiger partial charge is 0.0948 e. The van der Waals surface area contributed by atoms with Crippen molar-refractivity contribution < 1.29 is 4.74 Å². The summed E-state index contributed by atoms with van der Waals surface area (Å²) in [4.78, 5) is 4.41. The molecule has 1 saturated heterocycles. The lowest BCUT2D eigenvalue weighted by Crippen LogP contribution is -2.35. The Morgan fingerprint density at radius 2 is 2.30 bits per heavy atom. The minimum Gasteiger partial charge on any atom is -0.385 e. The molecule has 4 heteroatoms. The van der Waals surface area contributed by atoms with Crippen LogP contribution in [0, 0.1) is 5.41 Å². The molecule has 0 bridgehead atoms. The highest BCUT2D eigenvalue weighted by Crippen LogP contribution is 2.50. The summed E-state index contributed by atoms with van der Waals surface area (Å²) in [7, 11) is 1.80. The minimum atomic E-state index is 0.478. The highest BCUT2D eigenvalue weighted by atomic mass is 16.5. The lowest BCUT2D eigenvalue weighted by atomic mass is 9.97. The normalized spacial score (nSPS) is 28.5. The molecule has 0 amide bonds. The number of nitrogens with one attached hydrogen (secondary N) is 1. The van der Waals surface area contributed by atoms with E-state index in [1.165, 1.54) is 44.2 Å². The Labute approximate surface area is 121 Å². The van der Waals surface area contributed by atoms with Gasteiger partial charge in [-0.25, -0.2) is 4.98 Å². The van der Waals surface area contributed by atoms with E-state index in [1.54, 1.807) is 7.11 Å². The molecule has 3 rings (SSSR count). The highest BCUT2D eigenvalue weighted by molar-refractivity contribution is 5.09. The third-order valence-electron chi connectivity index (χ3n) is 5.02. The van der Waals surface area contributed by atoms with Gasteiger partial charge in [-0.05, 0) is 50.9 Å². The summed E-state index contributed by atoms with van der Waals surface area (Å²) in [5.41, 5.74) is 1.85. The zero-order valence-corrected chi connectivity index (χ0v) is 12.8. The van der Waals surface area contributed by atoms with Crippen molar-refractivity contribution in [1.82, 2.24) is 14.9 Å². The summed E-state index contributed by atoms with van der Waals surface area (Å²) in [5, 5.41) is 3.72. The molecule has 4 nitrogen and oxygen atoms in total. The molecule has 1 aliphatic heterocycles. The average Bonchev–Trinajstić information content (AvgIpc) is 3.05. The second-order valence-corrected chi connectivity index (χ2v) is 6.74. The first-order chi connectivity index (χ1) is 9.72. The first kappa shape index (κ1) is 14.1. The van der Waals surface area contributed by atoms with Crippen LogP contribution in [0.4, 0.5) is 0 Å². The zero-order valence-electron chi connectivity index (χ0n) is 12.8. The van der Waals surface area contributed by atoms with Gasteiger partial charge in [0, 0.05) is 38.5 Å². The summed E-state index contributed by atoms with van der Waals surface area (Å²) < 4.78 is 7.65. The molecule has 1 saturated carbocycles. The molecule has 0 spiro atoms. The van der Waals surface area contributed by atoms with Gasteiger partial charge in [0.25, 0.3) is 0 Å². The van der Waals surface area contributed by atoms with Gasteiger partial charge in [-0.15, -0.1) is 0 Å². The van der Waals surface area contributed by atoms with Crippen molar-refractivity contribution in [2.24, 2.45) is 5.41 Å². The molecule has 2 aliphatic rings. The van der Waals surface area contributed by atoms with Crippen LogP contribution in [0.3, 0.4) is 0 Å². The van der Waals surface area contributed by atoms with E-state index in [1.807, 2.05) is 6.33 Å². The topological polar surface area (TPSA) is 39.1 Å². The Morgan fingerprint density at radius 1 is 1.45 bits per heavy atom. The first-order valence-corrected chi connectivity index (χ1v) is 7.97. The molecule has 2 heterocycles. The summed E-state index contributed by atoms with van der Waals surface area (Å²) in [5.74, 6) is 0. The predicted molar refractivity (Wildman–Crippen MR) is 79.6 cm³/mol. The quantitative estimate of drug-likeness (QED) is 0.869. The van der Waals surface area contributed by atoms with E-state index < -0.39 is 0 Å². The molecule has 1 aromatic heterocycles. The summed E-state index contributed by atoms with van der Waals surface area (Å²) in [6.45, 7) is 4.27. The third-order valence-corrected chi connectivity index (χ3v) is 5.02. The van der Waals surface area contributed by atoms with Crippen molar-refractivity contribution in [3.8, 4) is 0 Å². The predicted octanol–water partition coefficient (Wildman–Crippen LogP) is 2.90. The Balaban J connectivity index is 1.67. The van der Waals surface area contributed by atoms with Gasteiger partial charge in [0.2, 0.25) is 0 Å². The number of hydrogen-bond acceptors (Lipinski definition) is 3. The van der Waals surface area contributed by atoms with Crippen LogP contribution in [0.1, 0.15) is 57.2 Å². The van der Waals surface area contributed by atoms with Gasteiger partial charge in [0.1, 0.15) is 0 Å². The molecule has 1 aromatic rings. The summed E-state index contributed by atoms with van der Waals surface area (Å²) in [6.07, 6.45) is 11.8. The monoisotopic (exact) mass is 277 g/mol. The van der Waals surface area contributed by atoms with Crippen LogP contribution in [0.15, 0.2) is 12.5 Å². The molecular weight excluding hydrogens is 250 g/mol. The molecular formula is C16H27N3O. The SMILES string of the molecule is COCCC1(Cn2cncc2C2CCCC(C)N2)CC1. The Hall–Kier alpha value is -0.870. The number of hydrogen-bond donors (Lipinski definition) is 1. The standard InChI is InChI=1S/C16H27N3O/c1-13-4-3-5-14(18-13)15-10-17-12-19(15)11-16(6-7-16)8-9-20-2/h10,12-14,18H,3-9,11H2,1-2H3. The van der Waals surface area contributed by atoms with Crippen LogP contribution >= 0.6 is 0 Å². The largest absolute Gasteiger partial charge is 0.385 e. The Morgan fingerprint density at radius 3 is 3.00 bits per heavy atom. The summed E-state index contributed by atoms with van der Waals surface area (Å²) >= 11 is 0. The minimum absolute atomic E-state index is 0.478. The molecule has 2 unspecified atom stereocenters. The Kier molecular flexibility index (Phi) is 4.13. The van der Waals surface area contributed by atoms with E-state index in [2.05, 4.69) is 28.0 Å². The van der Waals surface area contributed by atoms with E-state index in [0.29, 0.717) is 17.5 Å². The van der Waals surface area contributed by atoms with Crippen LogP contribution < -0.4 is 5.32 Å². The Bertz CT molecular complexity index is 439. The molecule has 0 radical (unpaired) electrons. The second kappa shape index (κ2) is 5.86. The average molecular weight is 277 g/mol. The maximum absolute atomic E-state index is 5.26. The van der Waals surface area contributed by atoms with E-state index in [9.17, 15) is 0 Å². The number of aromatic nitrogens is 2. The van der Waals surface area contributed by atoms with E-state index in [4.69, 9.17) is 4.74 Å². The highest BCUT2D eigenvalue weighted by Gasteiger charge is 2.42. The van der Waals surface area contributed by atoms with Crippen LogP contribution in [-0.2, 0) is 11.3 Å². The van der Waals surface area contributed by atoms with Crippen molar-refractivity contribution in [2.75, 3.05) is 13.7 Å². The maximum Gasteiger partial charge on any atom is 0.0948 e. The van der Waals surface area contributed by atoms with Crippen molar-refractivity contribution in [3.63, 3.8) is 0 Å². The van der Waals surface area contributed by atoms with Gasteiger partial charge in [0.15, 0.2) is 0 Å². The molecule has 2 fully saturated rings. The molecule has 1 N–H and O–H groups in total. The van der Waals surface area contributed by atoms with Crippen LogP contribution in [0.5, 0.6) is 0 Å². The van der Waals surface area contributed by atoms with Crippen molar-refractivity contribution in [3.05, 3.63) is 18.2 Å². The van der Waals surface area contributed by atoms with Gasteiger partial charge in [-0.2, -0.15) is 0 Å². The molecule has 0 aromatic carbocycles. The number of methoxy groups -OCH3 is 1. The van der Waals surface area contributed by atoms with Gasteiger partial charge in [0.05, 0.1) is 12.0 Å². The van der Waals surface area contributed by atoms with E-state index in [-0.39, 0.29) is 0 Å². The number of nitrogens with zero attached hydrogens (tertiary/aromatic N) is 2. The number of piperidine rings is 1. The first-order valence-electron chi connectivity index (χ1n) is 7.97. The third kappa shape index (κ3) is 3.07. The van der Waals surface area contributed by atoms with Gasteiger partial charge in [-0.3, -0.25) is 0 Å². The maximum atomic E-state index is 5.26. The second-order valence-electron chi connectivity index (χ2n) is 6.74. The van der Waals surface area contributed by atoms with Crippen molar-refractivity contribution >= 4 is 0 Å². The van der Waals surface area contributed by atoms with E-state index >= 15 is 0 Å². The zero-order chi connectivity index (χ0) is 14.0. The number of rotatable bonds is 6.